The van der Waals surface area contributed by atoms with Gasteiger partial charge >= 0.3 is 8.25 Å². The monoisotopic (exact) mass is 413 g/mol. The van der Waals surface area contributed by atoms with Crippen molar-refractivity contribution in [2.24, 2.45) is 0 Å². The Morgan fingerprint density at radius 2 is 2.07 bits per heavy atom. The maximum atomic E-state index is 11.9. The molecule has 0 radical (unpaired) electrons. The third-order valence-electron chi connectivity index (χ3n) is 4.13. The summed E-state index contributed by atoms with van der Waals surface area (Å²) in [5.41, 5.74) is -2.12. The molecule has 3 rings (SSSR count). The van der Waals surface area contributed by atoms with E-state index >= 15 is 0 Å². The number of rotatable bonds is 6. The van der Waals surface area contributed by atoms with Gasteiger partial charge in [0.25, 0.3) is 5.56 Å². The molecule has 3 N–H and O–H groups in total. The number of ether oxygens (including phenoxy) is 1. The zero-order valence-corrected chi connectivity index (χ0v) is 15.9. The maximum Gasteiger partial charge on any atom is 0.750 e. The predicted molar refractivity (Wildman–Crippen MR) is 97.1 cm³/mol. The summed E-state index contributed by atoms with van der Waals surface area (Å²) < 4.78 is 29.2. The largest absolute Gasteiger partial charge is 0.750 e. The number of aliphatic hydroxyl groups excluding tert-OH is 1. The summed E-state index contributed by atoms with van der Waals surface area (Å²) in [4.78, 5) is 13.7. The Kier molecular flexibility index (Phi) is 5.85. The summed E-state index contributed by atoms with van der Waals surface area (Å²) in [6.07, 6.45) is -2.05. The van der Waals surface area contributed by atoms with E-state index in [1.54, 1.807) is 30.3 Å². The molecule has 5 unspecified atom stereocenters. The second-order valence-electron chi connectivity index (χ2n) is 6.14. The summed E-state index contributed by atoms with van der Waals surface area (Å²) in [6, 6.07) is 9.69. The lowest BCUT2D eigenvalue weighted by atomic mass is 9.96. The van der Waals surface area contributed by atoms with Crippen LogP contribution in [0.15, 0.2) is 47.4 Å². The van der Waals surface area contributed by atoms with Gasteiger partial charge in [-0.1, -0.05) is 18.2 Å². The summed E-state index contributed by atoms with van der Waals surface area (Å²) in [6.45, 7) is 1.09. The van der Waals surface area contributed by atoms with Crippen LogP contribution in [0.1, 0.15) is 13.2 Å². The van der Waals surface area contributed by atoms with Crippen LogP contribution in [-0.4, -0.2) is 44.2 Å². The van der Waals surface area contributed by atoms with Gasteiger partial charge in [0.05, 0.1) is 0 Å². The second kappa shape index (κ2) is 7.97. The molecule has 5 atom stereocenters. The highest BCUT2D eigenvalue weighted by atomic mass is 32.1. The molecular weight excluding hydrogens is 395 g/mol. The van der Waals surface area contributed by atoms with Crippen LogP contribution in [0, 0.1) is 4.77 Å². The molecule has 144 valence electrons. The van der Waals surface area contributed by atoms with E-state index < -0.39 is 37.9 Å². The highest BCUT2D eigenvalue weighted by molar-refractivity contribution is 7.71. The van der Waals surface area contributed by atoms with Crippen molar-refractivity contribution in [2.45, 2.75) is 31.0 Å². The maximum absolute atomic E-state index is 11.9. The molecule has 1 aliphatic heterocycles. The van der Waals surface area contributed by atoms with E-state index in [1.807, 2.05) is 0 Å². The lowest BCUT2D eigenvalue weighted by Crippen LogP contribution is -2.44. The first-order valence-electron chi connectivity index (χ1n) is 7.99. The van der Waals surface area contributed by atoms with E-state index in [1.165, 1.54) is 23.8 Å². The van der Waals surface area contributed by atoms with Crippen LogP contribution in [-0.2, 0) is 13.8 Å². The number of nitrogens with zero attached hydrogens (tertiary/aromatic N) is 1. The fourth-order valence-corrected chi connectivity index (χ4v) is 3.59. The highest BCUT2D eigenvalue weighted by Crippen LogP contribution is 2.39. The van der Waals surface area contributed by atoms with Crippen LogP contribution >= 0.6 is 20.5 Å². The van der Waals surface area contributed by atoms with Crippen LogP contribution in [0.3, 0.4) is 0 Å². The van der Waals surface area contributed by atoms with Gasteiger partial charge in [0.2, 0.25) is 0 Å². The number of hydrogen-bond acceptors (Lipinski definition) is 8. The third-order valence-corrected chi connectivity index (χ3v) is 5.16. The minimum atomic E-state index is -2.50. The molecule has 0 spiro atoms. The Labute approximate surface area is 160 Å². The highest BCUT2D eigenvalue weighted by Gasteiger charge is 2.54. The van der Waals surface area contributed by atoms with Crippen molar-refractivity contribution in [3.8, 4) is 5.75 Å². The van der Waals surface area contributed by atoms with Crippen LogP contribution in [0.2, 0.25) is 0 Å². The molecule has 0 bridgehead atoms. The van der Waals surface area contributed by atoms with E-state index in [0.717, 1.165) is 0 Å². The van der Waals surface area contributed by atoms with E-state index in [2.05, 4.69) is 4.98 Å². The van der Waals surface area contributed by atoms with E-state index in [0.29, 0.717) is 5.75 Å². The fraction of sp³-hybridized carbons (Fsp3) is 0.375. The number of para-hydroxylation sites is 1. The van der Waals surface area contributed by atoms with Gasteiger partial charge in [-0.25, -0.2) is 4.52 Å². The number of aromatic nitrogens is 2. The van der Waals surface area contributed by atoms with Crippen molar-refractivity contribution < 1.29 is 28.6 Å². The standard InChI is InChI=1S/C16H17N2O7PS/c1-16(21)13(20)11(9-23-26(22)25-10-5-3-2-4-6-10)24-14(16)18-8-7-12(19)17-15(18)27/h2-8,11,13-14,20-21H,9H2,1H3/p+1. The Bertz CT molecular complexity index is 930. The van der Waals surface area contributed by atoms with E-state index in [9.17, 15) is 19.6 Å². The molecule has 0 amide bonds. The first-order chi connectivity index (χ1) is 12.8. The summed E-state index contributed by atoms with van der Waals surface area (Å²) in [5.74, 6) is 0.371. The van der Waals surface area contributed by atoms with Gasteiger partial charge in [-0.15, -0.1) is 4.52 Å². The smallest absolute Gasteiger partial charge is 0.387 e. The Balaban J connectivity index is 1.68. The van der Waals surface area contributed by atoms with Gasteiger partial charge in [0, 0.05) is 16.8 Å². The van der Waals surface area contributed by atoms with Crippen molar-refractivity contribution >= 4 is 20.5 Å². The quantitative estimate of drug-likeness (QED) is 0.483. The zero-order valence-electron chi connectivity index (χ0n) is 14.2. The van der Waals surface area contributed by atoms with E-state index in [-0.39, 0.29) is 11.4 Å². The summed E-state index contributed by atoms with van der Waals surface area (Å²) in [7, 11) is -2.50. The molecule has 1 aliphatic rings. The SMILES string of the molecule is CC1(O)C(O)C(CO[P+](=O)Oc2ccccc2)OC1n1ccc(=O)[nH]c1=S. The molecule has 1 fully saturated rings. The molecule has 0 saturated carbocycles. The Hall–Kier alpha value is -1.94. The molecular formula is C16H18N2O7PS+. The van der Waals surface area contributed by atoms with Gasteiger partial charge in [0.15, 0.2) is 16.7 Å². The number of benzene rings is 1. The van der Waals surface area contributed by atoms with Crippen molar-refractivity contribution in [2.75, 3.05) is 6.61 Å². The number of aliphatic hydroxyl groups is 2. The van der Waals surface area contributed by atoms with Crippen molar-refractivity contribution in [3.63, 3.8) is 0 Å². The lowest BCUT2D eigenvalue weighted by molar-refractivity contribution is -0.0976. The zero-order chi connectivity index (χ0) is 19.6. The molecule has 2 aromatic rings. The molecule has 9 nitrogen and oxygen atoms in total. The predicted octanol–water partition coefficient (Wildman–Crippen LogP) is 1.67. The average Bonchev–Trinajstić information content (AvgIpc) is 2.84. The molecule has 1 saturated heterocycles. The van der Waals surface area contributed by atoms with Crippen LogP contribution < -0.4 is 10.1 Å². The number of nitrogens with one attached hydrogen (secondary N) is 1. The lowest BCUT2D eigenvalue weighted by Gasteiger charge is -2.27. The number of hydrogen-bond donors (Lipinski definition) is 3. The minimum absolute atomic E-state index is 0.0278. The van der Waals surface area contributed by atoms with Gasteiger partial charge in [-0.05, 0) is 31.3 Å². The first-order valence-corrected chi connectivity index (χ1v) is 9.50. The average molecular weight is 413 g/mol. The second-order valence-corrected chi connectivity index (χ2v) is 7.41. The third kappa shape index (κ3) is 4.32. The topological polar surface area (TPSA) is 123 Å². The molecule has 1 aromatic carbocycles. The van der Waals surface area contributed by atoms with Crippen LogP contribution in [0.25, 0.3) is 0 Å². The summed E-state index contributed by atoms with van der Waals surface area (Å²) >= 11 is 5.07. The molecule has 27 heavy (non-hydrogen) atoms. The molecule has 1 aromatic heterocycles. The molecule has 11 heteroatoms. The van der Waals surface area contributed by atoms with Gasteiger partial charge < -0.3 is 14.9 Å². The molecule has 0 aliphatic carbocycles. The van der Waals surface area contributed by atoms with Crippen LogP contribution in [0.5, 0.6) is 5.75 Å². The molecule has 2 heterocycles. The van der Waals surface area contributed by atoms with Crippen molar-refractivity contribution in [1.29, 1.82) is 0 Å². The Morgan fingerprint density at radius 1 is 1.37 bits per heavy atom. The van der Waals surface area contributed by atoms with Gasteiger partial charge in [-0.2, -0.15) is 0 Å². The summed E-state index contributed by atoms with van der Waals surface area (Å²) in [5, 5.41) is 21.0. The number of H-pyrrole nitrogens is 1. The first kappa shape index (κ1) is 19.8. The normalized spacial score (nSPS) is 28.1. The number of aromatic amines is 1. The van der Waals surface area contributed by atoms with Gasteiger partial charge in [0.1, 0.15) is 24.4 Å². The Morgan fingerprint density at radius 3 is 2.74 bits per heavy atom. The van der Waals surface area contributed by atoms with Crippen molar-refractivity contribution in [3.05, 3.63) is 57.7 Å². The van der Waals surface area contributed by atoms with Crippen molar-refractivity contribution in [1.82, 2.24) is 9.55 Å². The van der Waals surface area contributed by atoms with Crippen LogP contribution in [0.4, 0.5) is 0 Å². The van der Waals surface area contributed by atoms with Gasteiger partial charge in [-0.3, -0.25) is 14.3 Å². The minimum Gasteiger partial charge on any atom is -0.387 e. The fourth-order valence-electron chi connectivity index (χ4n) is 2.72. The van der Waals surface area contributed by atoms with E-state index in [4.69, 9.17) is 26.0 Å².